The van der Waals surface area contributed by atoms with E-state index >= 15 is 0 Å². The van der Waals surface area contributed by atoms with Gasteiger partial charge < -0.3 is 15.0 Å². The number of anilines is 1. The molecule has 6 nitrogen and oxygen atoms in total. The van der Waals surface area contributed by atoms with Crippen molar-refractivity contribution in [2.75, 3.05) is 4.90 Å². The molecule has 1 N–H and O–H groups in total. The van der Waals surface area contributed by atoms with Gasteiger partial charge in [-0.15, -0.1) is 0 Å². The predicted molar refractivity (Wildman–Crippen MR) is 140 cm³/mol. The summed E-state index contributed by atoms with van der Waals surface area (Å²) in [5.41, 5.74) is 4.63. The molecule has 0 saturated heterocycles. The van der Waals surface area contributed by atoms with Crippen LogP contribution in [0.3, 0.4) is 0 Å². The molecular weight excluding hydrogens is 438 g/mol. The van der Waals surface area contributed by atoms with Crippen LogP contribution in [0.1, 0.15) is 58.1 Å². The highest BCUT2D eigenvalue weighted by Gasteiger charge is 2.40. The summed E-state index contributed by atoms with van der Waals surface area (Å²) in [7, 11) is 0. The molecule has 2 aliphatic rings. The number of amides is 2. The summed E-state index contributed by atoms with van der Waals surface area (Å²) >= 11 is 0. The molecule has 184 valence electrons. The van der Waals surface area contributed by atoms with Gasteiger partial charge in [-0.1, -0.05) is 61.9 Å². The zero-order chi connectivity index (χ0) is 25.0. The first-order valence-electron chi connectivity index (χ1n) is 12.4. The molecular formula is C29H35N3O3. The highest BCUT2D eigenvalue weighted by Crippen LogP contribution is 2.36. The van der Waals surface area contributed by atoms with Gasteiger partial charge in [0.05, 0.1) is 6.04 Å². The highest BCUT2D eigenvalue weighted by molar-refractivity contribution is 6.09. The Balaban J connectivity index is 1.63. The summed E-state index contributed by atoms with van der Waals surface area (Å²) in [5.74, 6) is -0.152. The second kappa shape index (κ2) is 10.5. The Morgan fingerprint density at radius 2 is 1.83 bits per heavy atom. The van der Waals surface area contributed by atoms with Gasteiger partial charge in [-0.05, 0) is 50.0 Å². The van der Waals surface area contributed by atoms with Gasteiger partial charge in [-0.25, -0.2) is 4.79 Å². The van der Waals surface area contributed by atoms with Crippen LogP contribution in [0.4, 0.5) is 10.5 Å². The Morgan fingerprint density at radius 1 is 1.11 bits per heavy atom. The van der Waals surface area contributed by atoms with E-state index in [2.05, 4.69) is 18.3 Å². The van der Waals surface area contributed by atoms with Crippen LogP contribution >= 0.6 is 0 Å². The zero-order valence-corrected chi connectivity index (χ0v) is 21.1. The first kappa shape index (κ1) is 24.7. The van der Waals surface area contributed by atoms with Crippen molar-refractivity contribution in [3.63, 3.8) is 0 Å². The number of allylic oxidation sites excluding steroid dienone is 1. The molecule has 2 amide bonds. The molecule has 2 aromatic carbocycles. The van der Waals surface area contributed by atoms with Crippen LogP contribution in [-0.4, -0.2) is 35.4 Å². The van der Waals surface area contributed by atoms with Gasteiger partial charge in [-0.3, -0.25) is 9.79 Å². The number of ether oxygens (including phenoxy) is 1. The van der Waals surface area contributed by atoms with Crippen molar-refractivity contribution in [3.8, 4) is 0 Å². The fraction of sp³-hybridized carbons (Fsp3) is 0.414. The first-order chi connectivity index (χ1) is 16.7. The molecule has 0 spiro atoms. The van der Waals surface area contributed by atoms with E-state index in [1.165, 1.54) is 5.57 Å². The van der Waals surface area contributed by atoms with E-state index in [1.54, 1.807) is 0 Å². The molecule has 0 aromatic heterocycles. The molecule has 35 heavy (non-hydrogen) atoms. The molecule has 2 aliphatic heterocycles. The Labute approximate surface area is 208 Å². The number of benzene rings is 2. The lowest BCUT2D eigenvalue weighted by molar-refractivity contribution is -0.120. The summed E-state index contributed by atoms with van der Waals surface area (Å²) in [6, 6.07) is 16.8. The summed E-state index contributed by atoms with van der Waals surface area (Å²) in [6.07, 6.45) is 5.33. The molecule has 2 heterocycles. The maximum absolute atomic E-state index is 14.2. The van der Waals surface area contributed by atoms with Crippen LogP contribution in [-0.2, 0) is 22.4 Å². The van der Waals surface area contributed by atoms with Crippen molar-refractivity contribution in [1.29, 1.82) is 0 Å². The van der Waals surface area contributed by atoms with Gasteiger partial charge in [0.15, 0.2) is 0 Å². The molecule has 0 saturated carbocycles. The minimum absolute atomic E-state index is 0.152. The summed E-state index contributed by atoms with van der Waals surface area (Å²) < 4.78 is 5.50. The Morgan fingerprint density at radius 3 is 2.54 bits per heavy atom. The van der Waals surface area contributed by atoms with Gasteiger partial charge in [0.2, 0.25) is 0 Å². The van der Waals surface area contributed by atoms with Crippen molar-refractivity contribution in [1.82, 2.24) is 5.32 Å². The lowest BCUT2D eigenvalue weighted by Gasteiger charge is -2.31. The number of aliphatic imine (C=N–C) groups is 1. The number of nitrogens with one attached hydrogen (secondary N) is 1. The topological polar surface area (TPSA) is 71.0 Å². The van der Waals surface area contributed by atoms with E-state index in [0.717, 1.165) is 48.2 Å². The second-order valence-electron chi connectivity index (χ2n) is 10.3. The number of rotatable bonds is 7. The zero-order valence-electron chi connectivity index (χ0n) is 21.1. The van der Waals surface area contributed by atoms with Crippen LogP contribution in [0, 0.1) is 0 Å². The number of nitrogens with zero attached hydrogens (tertiary/aromatic N) is 2. The van der Waals surface area contributed by atoms with Crippen LogP contribution in [0.25, 0.3) is 0 Å². The SMILES string of the molecule is CCCC1=CN=C(C2Cc3ccccc3N2C(=O)C(Cc2ccccc2)NC(=O)OC(C)(C)C)C1. The lowest BCUT2D eigenvalue weighted by Crippen LogP contribution is -2.54. The minimum Gasteiger partial charge on any atom is -0.444 e. The van der Waals surface area contributed by atoms with Crippen molar-refractivity contribution in [2.45, 2.75) is 77.5 Å². The molecule has 2 unspecified atom stereocenters. The van der Waals surface area contributed by atoms with Crippen molar-refractivity contribution in [2.24, 2.45) is 4.99 Å². The van der Waals surface area contributed by atoms with E-state index in [-0.39, 0.29) is 11.9 Å². The van der Waals surface area contributed by atoms with Gasteiger partial charge in [-0.2, -0.15) is 0 Å². The lowest BCUT2D eigenvalue weighted by atomic mass is 9.99. The van der Waals surface area contributed by atoms with Gasteiger partial charge in [0.1, 0.15) is 11.6 Å². The monoisotopic (exact) mass is 473 g/mol. The first-order valence-corrected chi connectivity index (χ1v) is 12.4. The summed E-state index contributed by atoms with van der Waals surface area (Å²) in [5, 5.41) is 2.86. The Kier molecular flexibility index (Phi) is 7.39. The molecule has 0 fully saturated rings. The van der Waals surface area contributed by atoms with Gasteiger partial charge in [0.25, 0.3) is 5.91 Å². The third kappa shape index (κ3) is 5.99. The summed E-state index contributed by atoms with van der Waals surface area (Å²) in [4.78, 5) is 33.5. The van der Waals surface area contributed by atoms with Crippen molar-refractivity contribution in [3.05, 3.63) is 77.5 Å². The molecule has 2 aromatic rings. The van der Waals surface area contributed by atoms with Crippen molar-refractivity contribution < 1.29 is 14.3 Å². The molecule has 0 aliphatic carbocycles. The third-order valence-electron chi connectivity index (χ3n) is 6.26. The quantitative estimate of drug-likeness (QED) is 0.568. The maximum atomic E-state index is 14.2. The Hall–Kier alpha value is -3.41. The number of alkyl carbamates (subject to hydrolysis) is 1. The second-order valence-corrected chi connectivity index (χ2v) is 10.3. The fourth-order valence-corrected chi connectivity index (χ4v) is 4.77. The smallest absolute Gasteiger partial charge is 0.408 e. The maximum Gasteiger partial charge on any atom is 0.408 e. The van der Waals surface area contributed by atoms with E-state index in [4.69, 9.17) is 9.73 Å². The number of para-hydroxylation sites is 1. The van der Waals surface area contributed by atoms with E-state index in [9.17, 15) is 9.59 Å². The molecule has 0 radical (unpaired) electrons. The molecule has 4 rings (SSSR count). The van der Waals surface area contributed by atoms with E-state index in [0.29, 0.717) is 6.42 Å². The van der Waals surface area contributed by atoms with Crippen LogP contribution < -0.4 is 10.2 Å². The van der Waals surface area contributed by atoms with Gasteiger partial charge in [0, 0.05) is 36.9 Å². The largest absolute Gasteiger partial charge is 0.444 e. The average Bonchev–Trinajstić information content (AvgIpc) is 3.42. The third-order valence-corrected chi connectivity index (χ3v) is 6.26. The number of carbonyl (C=O) groups is 2. The average molecular weight is 474 g/mol. The van der Waals surface area contributed by atoms with Gasteiger partial charge >= 0.3 is 6.09 Å². The molecule has 0 bridgehead atoms. The number of fused-ring (bicyclic) bond motifs is 1. The Bertz CT molecular complexity index is 1130. The molecule has 2 atom stereocenters. The van der Waals surface area contributed by atoms with E-state index < -0.39 is 17.7 Å². The van der Waals surface area contributed by atoms with Crippen LogP contribution in [0.2, 0.25) is 0 Å². The highest BCUT2D eigenvalue weighted by atomic mass is 16.6. The number of hydrogen-bond donors (Lipinski definition) is 1. The molecule has 6 heteroatoms. The minimum atomic E-state index is -0.772. The van der Waals surface area contributed by atoms with Crippen LogP contribution in [0.15, 0.2) is 71.4 Å². The standard InChI is InChI=1S/C29H35N3O3/c1-5-11-21-17-23(30-19-21)26-18-22-14-9-10-15-25(22)32(26)27(33)24(16-20-12-7-6-8-13-20)31-28(34)35-29(2,3)4/h6-10,12-15,19,24,26H,5,11,16-18H2,1-4H3,(H,31,34). The predicted octanol–water partition coefficient (Wildman–Crippen LogP) is 5.61. The van der Waals surface area contributed by atoms with Crippen LogP contribution in [0.5, 0.6) is 0 Å². The number of carbonyl (C=O) groups excluding carboxylic acids is 2. The fourth-order valence-electron chi connectivity index (χ4n) is 4.77. The van der Waals surface area contributed by atoms with E-state index in [1.807, 2.05) is 80.4 Å². The van der Waals surface area contributed by atoms with Crippen molar-refractivity contribution >= 4 is 23.4 Å². The summed E-state index contributed by atoms with van der Waals surface area (Å²) in [6.45, 7) is 7.60. The number of hydrogen-bond acceptors (Lipinski definition) is 4. The normalized spacial score (nSPS) is 17.9.